The van der Waals surface area contributed by atoms with Gasteiger partial charge < -0.3 is 24.6 Å². The maximum Gasteiger partial charge on any atom is 0.337 e. The fraction of sp³-hybridized carbons (Fsp3) is 0.600. The van der Waals surface area contributed by atoms with Crippen molar-refractivity contribution in [3.8, 4) is 0 Å². The van der Waals surface area contributed by atoms with Gasteiger partial charge in [0.05, 0.1) is 30.7 Å². The number of esters is 1. The zero-order chi connectivity index (χ0) is 19.8. The molecule has 150 valence electrons. The fourth-order valence-electron chi connectivity index (χ4n) is 3.23. The molecule has 0 atom stereocenters. The molecule has 1 aromatic carbocycles. The Morgan fingerprint density at radius 3 is 2.52 bits per heavy atom. The molecule has 0 radical (unpaired) electrons. The summed E-state index contributed by atoms with van der Waals surface area (Å²) in [6.07, 6.45) is 2.25. The first-order valence-electron chi connectivity index (χ1n) is 9.48. The molecule has 0 spiro atoms. The number of urea groups is 1. The molecule has 0 aliphatic carbocycles. The first kappa shape index (κ1) is 21.0. The van der Waals surface area contributed by atoms with Crippen LogP contribution < -0.4 is 10.2 Å². The molecule has 0 saturated carbocycles. The van der Waals surface area contributed by atoms with Crippen molar-refractivity contribution in [2.24, 2.45) is 5.92 Å². The van der Waals surface area contributed by atoms with Gasteiger partial charge in [-0.15, -0.1) is 0 Å². The number of ether oxygens (including phenoxy) is 2. The number of carbonyl (C=O) groups is 2. The van der Waals surface area contributed by atoms with Gasteiger partial charge in [-0.1, -0.05) is 13.8 Å². The van der Waals surface area contributed by atoms with Gasteiger partial charge in [0, 0.05) is 33.3 Å². The van der Waals surface area contributed by atoms with Crippen LogP contribution in [-0.2, 0) is 9.47 Å². The van der Waals surface area contributed by atoms with E-state index in [1.54, 1.807) is 24.1 Å². The Balaban J connectivity index is 2.26. The van der Waals surface area contributed by atoms with Crippen LogP contribution in [0.2, 0.25) is 0 Å². The highest BCUT2D eigenvalue weighted by molar-refractivity contribution is 5.97. The minimum atomic E-state index is -0.420. The molecule has 1 aliphatic heterocycles. The molecule has 0 aromatic heterocycles. The highest BCUT2D eigenvalue weighted by Crippen LogP contribution is 2.30. The summed E-state index contributed by atoms with van der Waals surface area (Å²) < 4.78 is 9.96. The first-order valence-corrected chi connectivity index (χ1v) is 9.48. The molecule has 1 saturated heterocycles. The number of benzene rings is 1. The van der Waals surface area contributed by atoms with Gasteiger partial charge in [-0.2, -0.15) is 0 Å². The predicted octanol–water partition coefficient (Wildman–Crippen LogP) is 3.21. The smallest absolute Gasteiger partial charge is 0.337 e. The zero-order valence-corrected chi connectivity index (χ0v) is 16.8. The number of nitrogens with zero attached hydrogens (tertiary/aromatic N) is 2. The van der Waals surface area contributed by atoms with E-state index < -0.39 is 5.97 Å². The van der Waals surface area contributed by atoms with Crippen molar-refractivity contribution in [2.75, 3.05) is 57.2 Å². The average Bonchev–Trinajstić information content (AvgIpc) is 3.18. The van der Waals surface area contributed by atoms with Gasteiger partial charge in [-0.25, -0.2) is 9.59 Å². The molecule has 1 heterocycles. The third-order valence-corrected chi connectivity index (χ3v) is 4.54. The van der Waals surface area contributed by atoms with Crippen molar-refractivity contribution in [3.05, 3.63) is 23.8 Å². The van der Waals surface area contributed by atoms with E-state index in [4.69, 9.17) is 9.47 Å². The Kier molecular flexibility index (Phi) is 7.91. The number of carbonyl (C=O) groups excluding carboxylic acids is 2. The lowest BCUT2D eigenvalue weighted by Crippen LogP contribution is -2.40. The molecule has 7 nitrogen and oxygen atoms in total. The van der Waals surface area contributed by atoms with Gasteiger partial charge in [-0.05, 0) is 37.0 Å². The Labute approximate surface area is 161 Å². The van der Waals surface area contributed by atoms with Crippen LogP contribution in [0.1, 0.15) is 37.0 Å². The van der Waals surface area contributed by atoms with E-state index in [-0.39, 0.29) is 6.03 Å². The summed E-state index contributed by atoms with van der Waals surface area (Å²) in [5.74, 6) is -0.0797. The molecule has 2 rings (SSSR count). The lowest BCUT2D eigenvalue weighted by molar-refractivity contribution is 0.0600. The summed E-state index contributed by atoms with van der Waals surface area (Å²) in [6, 6.07) is 5.13. The molecule has 0 bridgehead atoms. The molecule has 1 N–H and O–H groups in total. The normalized spacial score (nSPS) is 13.7. The highest BCUT2D eigenvalue weighted by Gasteiger charge is 2.21. The molecule has 27 heavy (non-hydrogen) atoms. The third-order valence-electron chi connectivity index (χ3n) is 4.54. The van der Waals surface area contributed by atoms with Gasteiger partial charge in [0.1, 0.15) is 0 Å². The number of hydrogen-bond donors (Lipinski definition) is 1. The zero-order valence-electron chi connectivity index (χ0n) is 16.8. The van der Waals surface area contributed by atoms with Gasteiger partial charge in [-0.3, -0.25) is 0 Å². The third kappa shape index (κ3) is 5.85. The van der Waals surface area contributed by atoms with E-state index in [9.17, 15) is 9.59 Å². The molecular weight excluding hydrogens is 346 g/mol. The van der Waals surface area contributed by atoms with Gasteiger partial charge in [0.15, 0.2) is 0 Å². The van der Waals surface area contributed by atoms with E-state index in [0.29, 0.717) is 36.9 Å². The summed E-state index contributed by atoms with van der Waals surface area (Å²) in [7, 11) is 2.97. The van der Waals surface area contributed by atoms with Crippen LogP contribution in [-0.4, -0.2) is 63.9 Å². The number of nitrogens with one attached hydrogen (secondary N) is 1. The average molecular weight is 377 g/mol. The molecule has 1 fully saturated rings. The predicted molar refractivity (Wildman–Crippen MR) is 107 cm³/mol. The van der Waals surface area contributed by atoms with Crippen LogP contribution in [0.5, 0.6) is 0 Å². The van der Waals surface area contributed by atoms with Crippen LogP contribution in [0, 0.1) is 5.92 Å². The Morgan fingerprint density at radius 1 is 1.22 bits per heavy atom. The maximum absolute atomic E-state index is 12.9. The van der Waals surface area contributed by atoms with E-state index in [1.165, 1.54) is 7.11 Å². The maximum atomic E-state index is 12.9. The van der Waals surface area contributed by atoms with E-state index in [2.05, 4.69) is 24.1 Å². The van der Waals surface area contributed by atoms with E-state index >= 15 is 0 Å². The summed E-state index contributed by atoms with van der Waals surface area (Å²) >= 11 is 0. The van der Waals surface area contributed by atoms with E-state index in [1.807, 2.05) is 6.07 Å². The second kappa shape index (κ2) is 10.2. The molecule has 0 unspecified atom stereocenters. The molecular formula is C20H31N3O4. The number of anilines is 2. The quantitative estimate of drug-likeness (QED) is 0.705. The second-order valence-electron chi connectivity index (χ2n) is 7.18. The molecule has 1 aliphatic rings. The number of rotatable bonds is 8. The molecule has 2 amide bonds. The SMILES string of the molecule is COCCN(CC(C)C)C(=O)Nc1cc(C(=O)OC)ccc1N1CCCC1. The first-order chi connectivity index (χ1) is 13.0. The number of amides is 2. The topological polar surface area (TPSA) is 71.1 Å². The summed E-state index contributed by atoms with van der Waals surface area (Å²) in [4.78, 5) is 28.8. The Hall–Kier alpha value is -2.28. The Bertz CT molecular complexity index is 642. The standard InChI is InChI=1S/C20H31N3O4/c1-15(2)14-23(11-12-26-3)20(25)21-17-13-16(19(24)27-4)7-8-18(17)22-9-5-6-10-22/h7-8,13,15H,5-6,9-12,14H2,1-4H3,(H,21,25). The lowest BCUT2D eigenvalue weighted by Gasteiger charge is -2.27. The number of hydrogen-bond acceptors (Lipinski definition) is 5. The van der Waals surface area contributed by atoms with Crippen molar-refractivity contribution >= 4 is 23.4 Å². The minimum Gasteiger partial charge on any atom is -0.465 e. The van der Waals surface area contributed by atoms with Crippen molar-refractivity contribution in [1.29, 1.82) is 0 Å². The Morgan fingerprint density at radius 2 is 1.93 bits per heavy atom. The van der Waals surface area contributed by atoms with Gasteiger partial charge >= 0.3 is 12.0 Å². The van der Waals surface area contributed by atoms with Crippen molar-refractivity contribution in [2.45, 2.75) is 26.7 Å². The summed E-state index contributed by atoms with van der Waals surface area (Å²) in [5, 5.41) is 3.00. The van der Waals surface area contributed by atoms with Crippen LogP contribution in [0.25, 0.3) is 0 Å². The highest BCUT2D eigenvalue weighted by atomic mass is 16.5. The minimum absolute atomic E-state index is 0.191. The van der Waals surface area contributed by atoms with Crippen LogP contribution in [0.15, 0.2) is 18.2 Å². The number of methoxy groups -OCH3 is 2. The van der Waals surface area contributed by atoms with Crippen LogP contribution in [0.4, 0.5) is 16.2 Å². The summed E-state index contributed by atoms with van der Waals surface area (Å²) in [5.41, 5.74) is 1.99. The van der Waals surface area contributed by atoms with Crippen LogP contribution in [0.3, 0.4) is 0 Å². The van der Waals surface area contributed by atoms with Gasteiger partial charge in [0.2, 0.25) is 0 Å². The molecule has 7 heteroatoms. The van der Waals surface area contributed by atoms with Crippen molar-refractivity contribution in [3.63, 3.8) is 0 Å². The fourth-order valence-corrected chi connectivity index (χ4v) is 3.23. The molecule has 1 aromatic rings. The summed E-state index contributed by atoms with van der Waals surface area (Å²) in [6.45, 7) is 7.64. The van der Waals surface area contributed by atoms with E-state index in [0.717, 1.165) is 31.6 Å². The largest absolute Gasteiger partial charge is 0.465 e. The second-order valence-corrected chi connectivity index (χ2v) is 7.18. The van der Waals surface area contributed by atoms with Crippen molar-refractivity contribution in [1.82, 2.24) is 4.90 Å². The van der Waals surface area contributed by atoms with Crippen molar-refractivity contribution < 1.29 is 19.1 Å². The van der Waals surface area contributed by atoms with Crippen LogP contribution >= 0.6 is 0 Å². The van der Waals surface area contributed by atoms with Gasteiger partial charge in [0.25, 0.3) is 0 Å². The monoisotopic (exact) mass is 377 g/mol. The lowest BCUT2D eigenvalue weighted by atomic mass is 10.1.